The summed E-state index contributed by atoms with van der Waals surface area (Å²) in [5, 5.41) is 10.4. The van der Waals surface area contributed by atoms with Gasteiger partial charge in [-0.25, -0.2) is 9.18 Å². The van der Waals surface area contributed by atoms with Crippen LogP contribution in [0.25, 0.3) is 0 Å². The Kier molecular flexibility index (Phi) is 4.04. The molecule has 1 unspecified atom stereocenters. The van der Waals surface area contributed by atoms with Crippen LogP contribution in [0.2, 0.25) is 0 Å². The van der Waals surface area contributed by atoms with Crippen LogP contribution in [0.1, 0.15) is 18.9 Å². The Hall–Kier alpha value is -1.62. The molecule has 0 aliphatic carbocycles. The van der Waals surface area contributed by atoms with Crippen LogP contribution in [0.4, 0.5) is 9.18 Å². The van der Waals surface area contributed by atoms with Crippen LogP contribution in [0, 0.1) is 5.82 Å². The van der Waals surface area contributed by atoms with Gasteiger partial charge in [0.15, 0.2) is 0 Å². The first-order valence-corrected chi connectivity index (χ1v) is 6.41. The molecule has 1 atom stereocenters. The lowest BCUT2D eigenvalue weighted by atomic mass is 9.93. The number of likely N-dealkylation sites (tertiary alicyclic amines) is 1. The lowest BCUT2D eigenvalue weighted by molar-refractivity contribution is 0.0447. The average molecular weight is 267 g/mol. The Morgan fingerprint density at radius 2 is 2.26 bits per heavy atom. The molecule has 1 heterocycles. The van der Waals surface area contributed by atoms with Crippen LogP contribution in [0.5, 0.6) is 0 Å². The Morgan fingerprint density at radius 3 is 2.95 bits per heavy atom. The average Bonchev–Trinajstić information content (AvgIpc) is 2.75. The van der Waals surface area contributed by atoms with Crippen molar-refractivity contribution in [1.29, 1.82) is 0 Å². The Balaban J connectivity index is 2.02. The molecule has 1 N–H and O–H groups in total. The zero-order valence-corrected chi connectivity index (χ0v) is 10.9. The molecular weight excluding hydrogens is 249 g/mol. The summed E-state index contributed by atoms with van der Waals surface area (Å²) in [6, 6.07) is 6.37. The summed E-state index contributed by atoms with van der Waals surface area (Å²) in [4.78, 5) is 13.0. The molecule has 0 aromatic heterocycles. The second-order valence-electron chi connectivity index (χ2n) is 4.86. The third-order valence-corrected chi connectivity index (χ3v) is 3.34. The molecule has 0 spiro atoms. The van der Waals surface area contributed by atoms with E-state index in [4.69, 9.17) is 4.74 Å². The van der Waals surface area contributed by atoms with E-state index in [0.717, 1.165) is 0 Å². The predicted octanol–water partition coefficient (Wildman–Crippen LogP) is 1.96. The summed E-state index contributed by atoms with van der Waals surface area (Å²) < 4.78 is 18.5. The lowest BCUT2D eigenvalue weighted by Gasteiger charge is -2.23. The topological polar surface area (TPSA) is 49.8 Å². The number of carbonyl (C=O) groups excluding carboxylic acids is 1. The maximum Gasteiger partial charge on any atom is 0.409 e. The lowest BCUT2D eigenvalue weighted by Crippen LogP contribution is -2.38. The second-order valence-corrected chi connectivity index (χ2v) is 4.86. The van der Waals surface area contributed by atoms with Crippen molar-refractivity contribution in [3.8, 4) is 0 Å². The van der Waals surface area contributed by atoms with E-state index in [1.165, 1.54) is 11.0 Å². The monoisotopic (exact) mass is 267 g/mol. The number of carbonyl (C=O) groups is 1. The van der Waals surface area contributed by atoms with Crippen LogP contribution < -0.4 is 0 Å². The molecule has 104 valence electrons. The second kappa shape index (κ2) is 5.57. The van der Waals surface area contributed by atoms with E-state index in [9.17, 15) is 14.3 Å². The van der Waals surface area contributed by atoms with Gasteiger partial charge in [-0.3, -0.25) is 0 Å². The highest BCUT2D eigenvalue weighted by molar-refractivity contribution is 5.68. The molecule has 1 aliphatic heterocycles. The summed E-state index contributed by atoms with van der Waals surface area (Å²) in [6.45, 7) is 2.66. The normalized spacial score (nSPS) is 22.6. The molecule has 0 bridgehead atoms. The zero-order valence-electron chi connectivity index (χ0n) is 10.9. The molecule has 1 fully saturated rings. The Labute approximate surface area is 111 Å². The van der Waals surface area contributed by atoms with Gasteiger partial charge in [0.05, 0.1) is 18.8 Å². The largest absolute Gasteiger partial charge is 0.450 e. The summed E-state index contributed by atoms with van der Waals surface area (Å²) in [7, 11) is 0. The van der Waals surface area contributed by atoms with Gasteiger partial charge in [0, 0.05) is 13.0 Å². The summed E-state index contributed by atoms with van der Waals surface area (Å²) in [6.07, 6.45) is 0.211. The van der Waals surface area contributed by atoms with Crippen LogP contribution >= 0.6 is 0 Å². The van der Waals surface area contributed by atoms with E-state index in [1.807, 2.05) is 0 Å². The first-order valence-electron chi connectivity index (χ1n) is 6.41. The quantitative estimate of drug-likeness (QED) is 0.910. The predicted molar refractivity (Wildman–Crippen MR) is 68.3 cm³/mol. The van der Waals surface area contributed by atoms with Crippen molar-refractivity contribution >= 4 is 6.09 Å². The molecule has 4 nitrogen and oxygen atoms in total. The van der Waals surface area contributed by atoms with E-state index in [-0.39, 0.29) is 18.8 Å². The number of aliphatic hydroxyl groups is 1. The SMILES string of the molecule is CCOC(=O)N1CCC(O)(Cc2ccccc2F)C1. The van der Waals surface area contributed by atoms with E-state index >= 15 is 0 Å². The molecule has 1 aromatic carbocycles. The highest BCUT2D eigenvalue weighted by atomic mass is 19.1. The first-order chi connectivity index (χ1) is 9.04. The number of halogens is 1. The number of β-amino-alcohol motifs (C(OH)–C–C–N with tert-alkyl or cyclic N) is 1. The van der Waals surface area contributed by atoms with Gasteiger partial charge in [-0.15, -0.1) is 0 Å². The van der Waals surface area contributed by atoms with Gasteiger partial charge in [0.2, 0.25) is 0 Å². The summed E-state index contributed by atoms with van der Waals surface area (Å²) in [5.41, 5.74) is -0.606. The molecule has 0 saturated carbocycles. The van der Waals surface area contributed by atoms with Gasteiger partial charge in [0.1, 0.15) is 5.82 Å². The number of nitrogens with zero attached hydrogens (tertiary/aromatic N) is 1. The molecule has 1 amide bonds. The van der Waals surface area contributed by atoms with E-state index in [2.05, 4.69) is 0 Å². The van der Waals surface area contributed by atoms with Gasteiger partial charge < -0.3 is 14.7 Å². The highest BCUT2D eigenvalue weighted by Gasteiger charge is 2.39. The number of amides is 1. The van der Waals surface area contributed by atoms with Crippen molar-refractivity contribution < 1.29 is 19.0 Å². The zero-order chi connectivity index (χ0) is 13.9. The molecule has 1 saturated heterocycles. The van der Waals surface area contributed by atoms with Gasteiger partial charge in [-0.1, -0.05) is 18.2 Å². The number of rotatable bonds is 3. The maximum absolute atomic E-state index is 13.6. The van der Waals surface area contributed by atoms with Crippen molar-refractivity contribution in [2.75, 3.05) is 19.7 Å². The minimum atomic E-state index is -1.07. The number of hydrogen-bond donors (Lipinski definition) is 1. The van der Waals surface area contributed by atoms with Gasteiger partial charge in [-0.05, 0) is 25.0 Å². The Bertz CT molecular complexity index is 466. The van der Waals surface area contributed by atoms with Crippen molar-refractivity contribution in [3.05, 3.63) is 35.6 Å². The number of ether oxygens (including phenoxy) is 1. The third kappa shape index (κ3) is 3.23. The molecule has 0 radical (unpaired) electrons. The fraction of sp³-hybridized carbons (Fsp3) is 0.500. The molecule has 1 aliphatic rings. The molecule has 19 heavy (non-hydrogen) atoms. The number of hydrogen-bond acceptors (Lipinski definition) is 3. The van der Waals surface area contributed by atoms with Crippen LogP contribution in [0.3, 0.4) is 0 Å². The van der Waals surface area contributed by atoms with E-state index in [0.29, 0.717) is 25.1 Å². The van der Waals surface area contributed by atoms with Gasteiger partial charge in [0.25, 0.3) is 0 Å². The number of benzene rings is 1. The minimum Gasteiger partial charge on any atom is -0.450 e. The van der Waals surface area contributed by atoms with Crippen LogP contribution in [-0.2, 0) is 11.2 Å². The van der Waals surface area contributed by atoms with Crippen LogP contribution in [0.15, 0.2) is 24.3 Å². The van der Waals surface area contributed by atoms with Crippen molar-refractivity contribution in [1.82, 2.24) is 4.90 Å². The minimum absolute atomic E-state index is 0.181. The standard InChI is InChI=1S/C14H18FNO3/c1-2-19-13(17)16-8-7-14(18,10-16)9-11-5-3-4-6-12(11)15/h3-6,18H,2,7-10H2,1H3. The molecule has 1 aromatic rings. The molecule has 5 heteroatoms. The van der Waals surface area contributed by atoms with E-state index in [1.54, 1.807) is 25.1 Å². The van der Waals surface area contributed by atoms with Crippen LogP contribution in [-0.4, -0.2) is 41.4 Å². The molecule has 2 rings (SSSR count). The summed E-state index contributed by atoms with van der Waals surface area (Å²) in [5.74, 6) is -0.328. The fourth-order valence-corrected chi connectivity index (χ4v) is 2.37. The first kappa shape index (κ1) is 13.8. The van der Waals surface area contributed by atoms with Crippen molar-refractivity contribution in [2.45, 2.75) is 25.4 Å². The molecular formula is C14H18FNO3. The van der Waals surface area contributed by atoms with Crippen molar-refractivity contribution in [3.63, 3.8) is 0 Å². The van der Waals surface area contributed by atoms with Gasteiger partial charge in [-0.2, -0.15) is 0 Å². The van der Waals surface area contributed by atoms with Crippen molar-refractivity contribution in [2.24, 2.45) is 0 Å². The van der Waals surface area contributed by atoms with E-state index < -0.39 is 11.7 Å². The maximum atomic E-state index is 13.6. The summed E-state index contributed by atoms with van der Waals surface area (Å²) >= 11 is 0. The highest BCUT2D eigenvalue weighted by Crippen LogP contribution is 2.26. The van der Waals surface area contributed by atoms with Gasteiger partial charge >= 0.3 is 6.09 Å². The Morgan fingerprint density at radius 1 is 1.53 bits per heavy atom. The fourth-order valence-electron chi connectivity index (χ4n) is 2.37. The smallest absolute Gasteiger partial charge is 0.409 e. The third-order valence-electron chi connectivity index (χ3n) is 3.34.